The second-order valence-electron chi connectivity index (χ2n) is 4.21. The molecule has 2 saturated heterocycles. The Morgan fingerprint density at radius 2 is 2.33 bits per heavy atom. The Labute approximate surface area is 100 Å². The van der Waals surface area contributed by atoms with E-state index in [1.165, 1.54) is 0 Å². The van der Waals surface area contributed by atoms with Gasteiger partial charge in [0.25, 0.3) is 0 Å². The van der Waals surface area contributed by atoms with Crippen molar-refractivity contribution in [2.75, 3.05) is 14.1 Å². The first-order valence-electron chi connectivity index (χ1n) is 6.42. The number of esters is 1. The number of hydrogen-bond acceptors (Lipinski definition) is 4. The summed E-state index contributed by atoms with van der Waals surface area (Å²) in [4.78, 5) is 13.8. The van der Waals surface area contributed by atoms with Gasteiger partial charge in [0.2, 0.25) is 0 Å². The average molecular weight is 239 g/mol. The molecule has 0 unspecified atom stereocenters. The summed E-state index contributed by atoms with van der Waals surface area (Å²) in [5, 5.41) is 9.92. The van der Waals surface area contributed by atoms with E-state index >= 15 is 0 Å². The van der Waals surface area contributed by atoms with Crippen LogP contribution in [0.25, 0.3) is 0 Å². The summed E-state index contributed by atoms with van der Waals surface area (Å²) in [7, 11) is -0.825. The van der Waals surface area contributed by atoms with Gasteiger partial charge in [-0.2, -0.15) is 0 Å². The molecule has 15 heavy (non-hydrogen) atoms. The van der Waals surface area contributed by atoms with Crippen molar-refractivity contribution in [1.82, 2.24) is 4.90 Å². The van der Waals surface area contributed by atoms with E-state index in [0.717, 1.165) is 12.8 Å². The number of aliphatic hydroxyl groups is 1. The van der Waals surface area contributed by atoms with Gasteiger partial charge in [-0.1, -0.05) is 0 Å². The van der Waals surface area contributed by atoms with E-state index in [0.29, 0.717) is 12.5 Å². The van der Waals surface area contributed by atoms with Crippen LogP contribution in [0.4, 0.5) is 0 Å². The minimum absolute atomic E-state index is 0. The van der Waals surface area contributed by atoms with Gasteiger partial charge in [0, 0.05) is 12.1 Å². The summed E-state index contributed by atoms with van der Waals surface area (Å²) in [5.41, 5.74) is 0. The number of nitrogens with zero attached hydrogens (tertiary/aromatic N) is 1. The number of carbonyl (C=O) groups excluding carboxylic acids is 1. The fourth-order valence-electron chi connectivity index (χ4n) is 2.82. The lowest BCUT2D eigenvalue weighted by Crippen LogP contribution is -2.52. The normalized spacial score (nSPS) is 43.5. The first-order valence-corrected chi connectivity index (χ1v) is 4.92. The SMILES string of the molecule is Cl.[2H]C([2H])([2H])OC(=O)[C@@H]1[C@H]2CC[C@@H](C[C@@H]1O)N2C. The molecule has 0 aromatic carbocycles. The fraction of sp³-hybridized carbons (Fsp3) is 0.900. The van der Waals surface area contributed by atoms with E-state index in [4.69, 9.17) is 4.11 Å². The standard InChI is InChI=1S/C10H17NO3.ClH/c1-11-6-3-4-7(11)9(8(12)5-6)10(13)14-2;/h6-9,12H,3-5H2,1-2H3;1H/t6-,7+,8-,9+;/m0./s1/i2D3;. The first-order chi connectivity index (χ1) is 7.79. The fourth-order valence-corrected chi connectivity index (χ4v) is 2.82. The smallest absolute Gasteiger partial charge is 0.312 e. The summed E-state index contributed by atoms with van der Waals surface area (Å²) in [6.07, 6.45) is 1.46. The van der Waals surface area contributed by atoms with Crippen molar-refractivity contribution in [3.05, 3.63) is 0 Å². The molecule has 4 nitrogen and oxygen atoms in total. The van der Waals surface area contributed by atoms with Crippen LogP contribution in [-0.4, -0.2) is 48.2 Å². The highest BCUT2D eigenvalue weighted by molar-refractivity contribution is 5.85. The molecule has 0 aliphatic carbocycles. The lowest BCUT2D eigenvalue weighted by molar-refractivity contribution is -0.155. The van der Waals surface area contributed by atoms with Crippen LogP contribution >= 0.6 is 12.4 Å². The number of halogens is 1. The highest BCUT2D eigenvalue weighted by Gasteiger charge is 2.48. The number of ether oxygens (including phenoxy) is 1. The Hall–Kier alpha value is -0.320. The Balaban J connectivity index is 0.00000162. The topological polar surface area (TPSA) is 49.8 Å². The van der Waals surface area contributed by atoms with Crippen molar-refractivity contribution in [3.63, 3.8) is 0 Å². The number of carbonyl (C=O) groups is 1. The molecule has 2 aliphatic heterocycles. The van der Waals surface area contributed by atoms with Gasteiger partial charge in [-0.3, -0.25) is 9.69 Å². The van der Waals surface area contributed by atoms with Gasteiger partial charge < -0.3 is 9.84 Å². The molecule has 2 fully saturated rings. The predicted molar refractivity (Wildman–Crippen MR) is 58.0 cm³/mol. The summed E-state index contributed by atoms with van der Waals surface area (Å²) in [6, 6.07) is 0.199. The van der Waals surface area contributed by atoms with Crippen molar-refractivity contribution in [2.24, 2.45) is 5.92 Å². The maximum atomic E-state index is 11.8. The van der Waals surface area contributed by atoms with Crippen LogP contribution in [0.15, 0.2) is 0 Å². The summed E-state index contributed by atoms with van der Waals surface area (Å²) >= 11 is 0. The van der Waals surface area contributed by atoms with Crippen LogP contribution in [0.1, 0.15) is 23.4 Å². The Morgan fingerprint density at radius 3 is 3.00 bits per heavy atom. The molecule has 1 N–H and O–H groups in total. The van der Waals surface area contributed by atoms with Crippen molar-refractivity contribution in [3.8, 4) is 0 Å². The number of fused-ring (bicyclic) bond motifs is 2. The van der Waals surface area contributed by atoms with Crippen LogP contribution in [0, 0.1) is 5.92 Å². The molecule has 2 bridgehead atoms. The van der Waals surface area contributed by atoms with Crippen LogP contribution < -0.4 is 0 Å². The van der Waals surface area contributed by atoms with Crippen LogP contribution in [0.5, 0.6) is 0 Å². The maximum Gasteiger partial charge on any atom is 0.312 e. The van der Waals surface area contributed by atoms with Crippen molar-refractivity contribution < 1.29 is 18.8 Å². The minimum atomic E-state index is -2.73. The van der Waals surface area contributed by atoms with Gasteiger partial charge in [-0.05, 0) is 26.3 Å². The van der Waals surface area contributed by atoms with Gasteiger partial charge >= 0.3 is 5.97 Å². The predicted octanol–water partition coefficient (Wildman–Crippen LogP) is 0.425. The average Bonchev–Trinajstić information content (AvgIpc) is 2.43. The zero-order valence-corrected chi connectivity index (χ0v) is 9.37. The highest BCUT2D eigenvalue weighted by Crippen LogP contribution is 2.38. The number of rotatable bonds is 1. The molecule has 4 atom stereocenters. The van der Waals surface area contributed by atoms with E-state index in [2.05, 4.69) is 9.64 Å². The van der Waals surface area contributed by atoms with Gasteiger partial charge in [-0.15, -0.1) is 12.4 Å². The lowest BCUT2D eigenvalue weighted by atomic mass is 9.88. The zero-order valence-electron chi connectivity index (χ0n) is 11.5. The van der Waals surface area contributed by atoms with Crippen LogP contribution in [-0.2, 0) is 9.53 Å². The lowest BCUT2D eigenvalue weighted by Gasteiger charge is -2.39. The molecular formula is C10H18ClNO3. The van der Waals surface area contributed by atoms with Crippen molar-refractivity contribution in [2.45, 2.75) is 37.5 Å². The number of aliphatic hydroxyl groups excluding tert-OH is 1. The van der Waals surface area contributed by atoms with E-state index in [1.807, 2.05) is 7.05 Å². The minimum Gasteiger partial charge on any atom is -0.469 e. The monoisotopic (exact) mass is 238 g/mol. The molecule has 0 amide bonds. The summed E-state index contributed by atoms with van der Waals surface area (Å²) in [6.45, 7) is 0. The second-order valence-corrected chi connectivity index (χ2v) is 4.21. The quantitative estimate of drug-likeness (QED) is 0.673. The number of piperidine rings is 1. The Kier molecular flexibility index (Phi) is 2.74. The molecule has 88 valence electrons. The van der Waals surface area contributed by atoms with E-state index in [1.54, 1.807) is 0 Å². The van der Waals surface area contributed by atoms with Crippen LogP contribution in [0.3, 0.4) is 0 Å². The van der Waals surface area contributed by atoms with Gasteiger partial charge in [-0.25, -0.2) is 0 Å². The molecule has 2 heterocycles. The third-order valence-electron chi connectivity index (χ3n) is 3.61. The highest BCUT2D eigenvalue weighted by atomic mass is 35.5. The Bertz CT molecular complexity index is 326. The third-order valence-corrected chi connectivity index (χ3v) is 3.61. The second kappa shape index (κ2) is 4.68. The van der Waals surface area contributed by atoms with E-state index < -0.39 is 25.0 Å². The van der Waals surface area contributed by atoms with Gasteiger partial charge in [0.1, 0.15) is 0 Å². The maximum absolute atomic E-state index is 11.8. The van der Waals surface area contributed by atoms with E-state index in [-0.39, 0.29) is 18.4 Å². The molecule has 2 aliphatic rings. The van der Waals surface area contributed by atoms with Crippen molar-refractivity contribution in [1.29, 1.82) is 0 Å². The van der Waals surface area contributed by atoms with Crippen molar-refractivity contribution >= 4 is 18.4 Å². The summed E-state index contributed by atoms with van der Waals surface area (Å²) in [5.74, 6) is -1.55. The first kappa shape index (κ1) is 8.79. The number of hydrogen-bond donors (Lipinski definition) is 1. The molecular weight excluding hydrogens is 218 g/mol. The largest absolute Gasteiger partial charge is 0.469 e. The molecule has 0 aromatic heterocycles. The molecule has 0 saturated carbocycles. The van der Waals surface area contributed by atoms with Crippen LogP contribution in [0.2, 0.25) is 0 Å². The van der Waals surface area contributed by atoms with Gasteiger partial charge in [0.05, 0.1) is 23.2 Å². The molecule has 5 heteroatoms. The van der Waals surface area contributed by atoms with E-state index in [9.17, 15) is 9.90 Å². The zero-order chi connectivity index (χ0) is 12.8. The molecule has 0 spiro atoms. The summed E-state index contributed by atoms with van der Waals surface area (Å²) < 4.78 is 25.2. The Morgan fingerprint density at radius 1 is 1.60 bits per heavy atom. The van der Waals surface area contributed by atoms with Gasteiger partial charge in [0.15, 0.2) is 0 Å². The molecule has 0 radical (unpaired) electrons. The molecule has 0 aromatic rings. The number of methoxy groups -OCH3 is 1. The molecule has 2 rings (SSSR count). The third kappa shape index (κ3) is 1.98.